The van der Waals surface area contributed by atoms with E-state index in [2.05, 4.69) is 51.7 Å². The van der Waals surface area contributed by atoms with Crippen molar-refractivity contribution in [2.24, 2.45) is 5.41 Å². The molecule has 0 atom stereocenters. The highest BCUT2D eigenvalue weighted by atomic mass is 16.2. The first kappa shape index (κ1) is 19.7. The van der Waals surface area contributed by atoms with E-state index in [4.69, 9.17) is 0 Å². The third-order valence-corrected chi connectivity index (χ3v) is 4.60. The molecule has 1 aromatic carbocycles. The van der Waals surface area contributed by atoms with E-state index in [-0.39, 0.29) is 5.91 Å². The topological polar surface area (TPSA) is 85.6 Å². The van der Waals surface area contributed by atoms with Crippen molar-refractivity contribution in [3.63, 3.8) is 0 Å². The molecular formula is C21H26N6O. The maximum atomic E-state index is 12.6. The fraction of sp³-hybridized carbons (Fsp3) is 0.381. The number of carbonyl (C=O) groups is 1. The van der Waals surface area contributed by atoms with Crippen LogP contribution in [0.2, 0.25) is 0 Å². The van der Waals surface area contributed by atoms with Crippen LogP contribution in [0.1, 0.15) is 44.9 Å². The summed E-state index contributed by atoms with van der Waals surface area (Å²) in [5.41, 5.74) is 2.31. The molecule has 0 aliphatic rings. The summed E-state index contributed by atoms with van der Waals surface area (Å²) in [6, 6.07) is 13.8. The number of hydrogen-bond acceptors (Lipinski definition) is 5. The zero-order chi connectivity index (χ0) is 20.1. The summed E-state index contributed by atoms with van der Waals surface area (Å²) < 4.78 is 0. The molecule has 0 unspecified atom stereocenters. The summed E-state index contributed by atoms with van der Waals surface area (Å²) in [6.07, 6.45) is 1.71. The number of nitrogens with zero attached hydrogens (tertiary/aromatic N) is 5. The summed E-state index contributed by atoms with van der Waals surface area (Å²) in [4.78, 5) is 18.3. The van der Waals surface area contributed by atoms with Gasteiger partial charge in [-0.1, -0.05) is 44.2 Å². The van der Waals surface area contributed by atoms with Crippen LogP contribution in [-0.4, -0.2) is 31.1 Å². The van der Waals surface area contributed by atoms with Gasteiger partial charge in [0, 0.05) is 11.8 Å². The Hall–Kier alpha value is -3.09. The third kappa shape index (κ3) is 4.79. The van der Waals surface area contributed by atoms with Crippen LogP contribution in [-0.2, 0) is 17.9 Å². The predicted molar refractivity (Wildman–Crippen MR) is 107 cm³/mol. The van der Waals surface area contributed by atoms with E-state index < -0.39 is 5.41 Å². The van der Waals surface area contributed by atoms with Crippen molar-refractivity contribution in [2.45, 2.75) is 46.7 Å². The van der Waals surface area contributed by atoms with E-state index >= 15 is 0 Å². The Bertz CT molecular complexity index is 916. The quantitative estimate of drug-likeness (QED) is 0.682. The van der Waals surface area contributed by atoms with Gasteiger partial charge in [-0.25, -0.2) is 0 Å². The molecule has 0 radical (unpaired) electrons. The van der Waals surface area contributed by atoms with E-state index in [9.17, 15) is 4.79 Å². The fourth-order valence-corrected chi connectivity index (χ4v) is 2.78. The molecule has 3 rings (SSSR count). The molecule has 3 aromatic rings. The molecule has 1 amide bonds. The largest absolute Gasteiger partial charge is 0.350 e. The van der Waals surface area contributed by atoms with Crippen molar-refractivity contribution >= 4 is 5.91 Å². The number of carbonyl (C=O) groups excluding carboxylic acids is 1. The first-order valence-electron chi connectivity index (χ1n) is 9.41. The molecule has 28 heavy (non-hydrogen) atoms. The van der Waals surface area contributed by atoms with Crippen molar-refractivity contribution < 1.29 is 4.79 Å². The van der Waals surface area contributed by atoms with Crippen LogP contribution in [0.15, 0.2) is 48.7 Å². The van der Waals surface area contributed by atoms with Gasteiger partial charge in [-0.3, -0.25) is 9.78 Å². The minimum absolute atomic E-state index is 0.0849. The van der Waals surface area contributed by atoms with Gasteiger partial charge in [-0.05, 0) is 42.7 Å². The summed E-state index contributed by atoms with van der Waals surface area (Å²) in [6.45, 7) is 8.76. The summed E-state index contributed by atoms with van der Waals surface area (Å²) in [5.74, 6) is 0.946. The monoisotopic (exact) mass is 378 g/mol. The minimum atomic E-state index is -0.686. The van der Waals surface area contributed by atoms with Gasteiger partial charge in [0.15, 0.2) is 0 Å². The van der Waals surface area contributed by atoms with Gasteiger partial charge < -0.3 is 5.32 Å². The lowest BCUT2D eigenvalue weighted by Crippen LogP contribution is -2.40. The lowest BCUT2D eigenvalue weighted by Gasteiger charge is -2.22. The number of rotatable bonds is 7. The Kier molecular flexibility index (Phi) is 5.82. The highest BCUT2D eigenvalue weighted by molar-refractivity contribution is 5.81. The smallest absolute Gasteiger partial charge is 0.227 e. The van der Waals surface area contributed by atoms with Crippen LogP contribution >= 0.6 is 0 Å². The number of tetrazole rings is 1. The average Bonchev–Trinajstić information content (AvgIpc) is 3.14. The molecule has 7 nitrogen and oxygen atoms in total. The lowest BCUT2D eigenvalue weighted by molar-refractivity contribution is -0.130. The van der Waals surface area contributed by atoms with E-state index in [1.807, 2.05) is 44.2 Å². The molecule has 0 saturated carbocycles. The molecule has 146 valence electrons. The molecule has 0 aliphatic carbocycles. The van der Waals surface area contributed by atoms with Crippen LogP contribution < -0.4 is 5.32 Å². The van der Waals surface area contributed by atoms with Crippen LogP contribution in [0, 0.1) is 5.41 Å². The number of hydrogen-bond donors (Lipinski definition) is 1. The van der Waals surface area contributed by atoms with Gasteiger partial charge in [0.2, 0.25) is 11.7 Å². The molecule has 2 heterocycles. The van der Waals surface area contributed by atoms with Crippen LogP contribution in [0.3, 0.4) is 0 Å². The van der Waals surface area contributed by atoms with Crippen LogP contribution in [0.4, 0.5) is 0 Å². The molecule has 0 bridgehead atoms. The van der Waals surface area contributed by atoms with Crippen molar-refractivity contribution in [3.05, 3.63) is 59.9 Å². The molecule has 1 N–H and O–H groups in total. The highest BCUT2D eigenvalue weighted by Gasteiger charge is 2.29. The van der Waals surface area contributed by atoms with Crippen molar-refractivity contribution in [2.75, 3.05) is 0 Å². The number of aromatic nitrogens is 5. The first-order valence-corrected chi connectivity index (χ1v) is 9.41. The lowest BCUT2D eigenvalue weighted by atomic mass is 9.92. The van der Waals surface area contributed by atoms with Gasteiger partial charge >= 0.3 is 0 Å². The summed E-state index contributed by atoms with van der Waals surface area (Å²) >= 11 is 0. The summed E-state index contributed by atoms with van der Waals surface area (Å²) in [5, 5.41) is 15.6. The predicted octanol–water partition coefficient (Wildman–Crippen LogP) is 3.20. The van der Waals surface area contributed by atoms with E-state index in [0.29, 0.717) is 24.8 Å². The molecular weight excluding hydrogens is 352 g/mol. The van der Waals surface area contributed by atoms with Gasteiger partial charge in [-0.15, -0.1) is 10.2 Å². The Balaban J connectivity index is 1.63. The minimum Gasteiger partial charge on any atom is -0.350 e. The van der Waals surface area contributed by atoms with Crippen LogP contribution in [0.5, 0.6) is 0 Å². The fourth-order valence-electron chi connectivity index (χ4n) is 2.78. The average molecular weight is 378 g/mol. The number of benzene rings is 1. The second-order valence-electron chi connectivity index (χ2n) is 7.81. The van der Waals surface area contributed by atoms with Crippen molar-refractivity contribution in [1.82, 2.24) is 30.5 Å². The molecule has 2 aromatic heterocycles. The molecule has 0 saturated heterocycles. The Labute approximate surface area is 165 Å². The number of pyridine rings is 1. The van der Waals surface area contributed by atoms with Gasteiger partial charge in [0.1, 0.15) is 0 Å². The van der Waals surface area contributed by atoms with E-state index in [1.165, 1.54) is 10.4 Å². The van der Waals surface area contributed by atoms with Crippen LogP contribution in [0.25, 0.3) is 11.4 Å². The first-order chi connectivity index (χ1) is 13.3. The van der Waals surface area contributed by atoms with Crippen molar-refractivity contribution in [1.29, 1.82) is 0 Å². The maximum absolute atomic E-state index is 12.6. The zero-order valence-electron chi connectivity index (χ0n) is 16.8. The maximum Gasteiger partial charge on any atom is 0.227 e. The highest BCUT2D eigenvalue weighted by Crippen LogP contribution is 2.21. The van der Waals surface area contributed by atoms with Gasteiger partial charge in [0.05, 0.1) is 24.2 Å². The van der Waals surface area contributed by atoms with Gasteiger partial charge in [0.25, 0.3) is 0 Å². The van der Waals surface area contributed by atoms with E-state index in [0.717, 1.165) is 11.3 Å². The number of amides is 1. The Morgan fingerprint density at radius 1 is 1.14 bits per heavy atom. The molecule has 0 fully saturated rings. The van der Waals surface area contributed by atoms with E-state index in [1.54, 1.807) is 6.20 Å². The van der Waals surface area contributed by atoms with Gasteiger partial charge in [-0.2, -0.15) is 4.80 Å². The molecule has 0 aliphatic heterocycles. The Morgan fingerprint density at radius 3 is 2.54 bits per heavy atom. The normalized spacial score (nSPS) is 11.6. The SMILES string of the molecule is CC(C)c1ccc(-c2nnn(CC(C)(C)C(=O)NCc3ccccn3)n2)cc1. The number of nitrogens with one attached hydrogen (secondary N) is 1. The molecule has 7 heteroatoms. The van der Waals surface area contributed by atoms with Crippen molar-refractivity contribution in [3.8, 4) is 11.4 Å². The second-order valence-corrected chi connectivity index (χ2v) is 7.81. The third-order valence-electron chi connectivity index (χ3n) is 4.60. The second kappa shape index (κ2) is 8.29. The summed E-state index contributed by atoms with van der Waals surface area (Å²) in [7, 11) is 0. The zero-order valence-corrected chi connectivity index (χ0v) is 16.8. The molecule has 0 spiro atoms. The Morgan fingerprint density at radius 2 is 1.89 bits per heavy atom. The standard InChI is InChI=1S/C21H26N6O/c1-15(2)16-8-10-17(11-9-16)19-24-26-27(25-19)14-21(3,4)20(28)23-13-18-7-5-6-12-22-18/h5-12,15H,13-14H2,1-4H3,(H,23,28).